The third kappa shape index (κ3) is 1.99. The Hall–Kier alpha value is -1.23. The maximum absolute atomic E-state index is 11.7. The van der Waals surface area contributed by atoms with E-state index in [4.69, 9.17) is 4.74 Å². The van der Waals surface area contributed by atoms with Gasteiger partial charge in [-0.2, -0.15) is 0 Å². The predicted molar refractivity (Wildman–Crippen MR) is 68.5 cm³/mol. The van der Waals surface area contributed by atoms with Crippen LogP contribution in [0.5, 0.6) is 5.75 Å². The Morgan fingerprint density at radius 3 is 2.94 bits per heavy atom. The van der Waals surface area contributed by atoms with Crippen LogP contribution in [0, 0.1) is 0 Å². The van der Waals surface area contributed by atoms with Gasteiger partial charge in [-0.15, -0.1) is 0 Å². The van der Waals surface area contributed by atoms with Gasteiger partial charge >= 0.3 is 6.09 Å². The van der Waals surface area contributed by atoms with Gasteiger partial charge in [0.05, 0.1) is 17.3 Å². The highest BCUT2D eigenvalue weighted by molar-refractivity contribution is 9.10. The third-order valence-electron chi connectivity index (χ3n) is 3.09. The van der Waals surface area contributed by atoms with Gasteiger partial charge in [0, 0.05) is 11.6 Å². The van der Waals surface area contributed by atoms with Crippen LogP contribution in [0.25, 0.3) is 0 Å². The van der Waals surface area contributed by atoms with Crippen LogP contribution < -0.4 is 4.90 Å². The second kappa shape index (κ2) is 4.56. The van der Waals surface area contributed by atoms with Gasteiger partial charge in [-0.05, 0) is 47.8 Å². The first-order valence-electron chi connectivity index (χ1n) is 5.43. The van der Waals surface area contributed by atoms with E-state index in [-0.39, 0.29) is 17.9 Å². The van der Waals surface area contributed by atoms with E-state index in [9.17, 15) is 9.90 Å². The molecule has 0 unspecified atom stereocenters. The van der Waals surface area contributed by atoms with E-state index in [0.29, 0.717) is 4.47 Å². The Bertz CT molecular complexity index is 461. The minimum Gasteiger partial charge on any atom is -0.506 e. The zero-order chi connectivity index (χ0) is 12.6. The number of methoxy groups -OCH3 is 1. The molecule has 0 fully saturated rings. The summed E-state index contributed by atoms with van der Waals surface area (Å²) in [7, 11) is 1.36. The summed E-state index contributed by atoms with van der Waals surface area (Å²) in [6.45, 7) is 1.97. The van der Waals surface area contributed by atoms with Gasteiger partial charge in [-0.3, -0.25) is 4.90 Å². The van der Waals surface area contributed by atoms with Gasteiger partial charge in [-0.1, -0.05) is 0 Å². The van der Waals surface area contributed by atoms with Gasteiger partial charge in [0.25, 0.3) is 0 Å². The fourth-order valence-electron chi connectivity index (χ4n) is 2.17. The van der Waals surface area contributed by atoms with Crippen molar-refractivity contribution in [3.8, 4) is 5.75 Å². The highest BCUT2D eigenvalue weighted by atomic mass is 79.9. The molecule has 0 aromatic heterocycles. The van der Waals surface area contributed by atoms with Crippen molar-refractivity contribution < 1.29 is 14.6 Å². The summed E-state index contributed by atoms with van der Waals surface area (Å²) >= 11 is 3.28. The Kier molecular flexibility index (Phi) is 3.28. The van der Waals surface area contributed by atoms with E-state index in [1.807, 2.05) is 13.0 Å². The fraction of sp³-hybridized carbons (Fsp3) is 0.417. The summed E-state index contributed by atoms with van der Waals surface area (Å²) in [4.78, 5) is 13.3. The molecular formula is C12H14BrNO3. The van der Waals surface area contributed by atoms with Crippen LogP contribution in [0.15, 0.2) is 16.6 Å². The second-order valence-corrected chi connectivity index (χ2v) is 4.98. The standard InChI is InChI=1S/C12H14BrNO3/c1-7-3-4-8-10(14(7)12(16)17-2)6-5-9(13)11(8)15/h5-7,15H,3-4H2,1-2H3/t7-/m0/s1. The Balaban J connectivity index is 2.52. The molecule has 5 heteroatoms. The van der Waals surface area contributed by atoms with E-state index in [1.165, 1.54) is 7.11 Å². The largest absolute Gasteiger partial charge is 0.506 e. The van der Waals surface area contributed by atoms with E-state index in [1.54, 1.807) is 11.0 Å². The minimum atomic E-state index is -0.389. The lowest BCUT2D eigenvalue weighted by Gasteiger charge is -2.34. The summed E-state index contributed by atoms with van der Waals surface area (Å²) in [6, 6.07) is 3.64. The quantitative estimate of drug-likeness (QED) is 0.801. The summed E-state index contributed by atoms with van der Waals surface area (Å²) < 4.78 is 5.43. The summed E-state index contributed by atoms with van der Waals surface area (Å²) in [5, 5.41) is 9.98. The number of phenolic OH excluding ortho intramolecular Hbond substituents is 1. The van der Waals surface area contributed by atoms with Crippen LogP contribution in [-0.4, -0.2) is 24.4 Å². The van der Waals surface area contributed by atoms with Crippen molar-refractivity contribution in [3.05, 3.63) is 22.2 Å². The highest BCUT2D eigenvalue weighted by Gasteiger charge is 2.30. The number of carbonyl (C=O) groups excluding carboxylic acids is 1. The lowest BCUT2D eigenvalue weighted by atomic mass is 9.96. The molecule has 4 nitrogen and oxygen atoms in total. The zero-order valence-electron chi connectivity index (χ0n) is 9.74. The van der Waals surface area contributed by atoms with Crippen molar-refractivity contribution >= 4 is 27.7 Å². The smallest absolute Gasteiger partial charge is 0.414 e. The molecule has 17 heavy (non-hydrogen) atoms. The zero-order valence-corrected chi connectivity index (χ0v) is 11.3. The molecule has 1 aliphatic heterocycles. The van der Waals surface area contributed by atoms with Gasteiger partial charge in [0.15, 0.2) is 0 Å². The van der Waals surface area contributed by atoms with Gasteiger partial charge in [0.1, 0.15) is 5.75 Å². The maximum Gasteiger partial charge on any atom is 0.414 e. The molecule has 1 atom stereocenters. The fourth-order valence-corrected chi connectivity index (χ4v) is 2.54. The summed E-state index contributed by atoms with van der Waals surface area (Å²) in [5.41, 5.74) is 1.53. The number of halogens is 1. The SMILES string of the molecule is COC(=O)N1c2ccc(Br)c(O)c2CC[C@@H]1C. The molecule has 0 bridgehead atoms. The van der Waals surface area contributed by atoms with Crippen molar-refractivity contribution in [1.82, 2.24) is 0 Å². The summed E-state index contributed by atoms with van der Waals surface area (Å²) in [5.74, 6) is 0.211. The molecule has 92 valence electrons. The van der Waals surface area contributed by atoms with Crippen molar-refractivity contribution in [2.24, 2.45) is 0 Å². The number of hydrogen-bond acceptors (Lipinski definition) is 3. The number of nitrogens with zero attached hydrogens (tertiary/aromatic N) is 1. The number of fused-ring (bicyclic) bond motifs is 1. The van der Waals surface area contributed by atoms with E-state index < -0.39 is 0 Å². The molecule has 0 aliphatic carbocycles. The number of ether oxygens (including phenoxy) is 1. The monoisotopic (exact) mass is 299 g/mol. The van der Waals surface area contributed by atoms with Gasteiger partial charge < -0.3 is 9.84 Å². The number of hydrogen-bond donors (Lipinski definition) is 1. The molecular weight excluding hydrogens is 286 g/mol. The molecule has 1 aromatic carbocycles. The van der Waals surface area contributed by atoms with Crippen molar-refractivity contribution in [3.63, 3.8) is 0 Å². The molecule has 0 radical (unpaired) electrons. The first-order valence-corrected chi connectivity index (χ1v) is 6.23. The predicted octanol–water partition coefficient (Wildman–Crippen LogP) is 3.06. The number of benzene rings is 1. The topological polar surface area (TPSA) is 49.8 Å². The van der Waals surface area contributed by atoms with E-state index in [2.05, 4.69) is 15.9 Å². The highest BCUT2D eigenvalue weighted by Crippen LogP contribution is 2.40. The van der Waals surface area contributed by atoms with Crippen LogP contribution in [0.2, 0.25) is 0 Å². The molecule has 1 aromatic rings. The van der Waals surface area contributed by atoms with Crippen molar-refractivity contribution in [1.29, 1.82) is 0 Å². The van der Waals surface area contributed by atoms with Crippen molar-refractivity contribution in [2.75, 3.05) is 12.0 Å². The summed E-state index contributed by atoms with van der Waals surface area (Å²) in [6.07, 6.45) is 1.18. The molecule has 2 rings (SSSR count). The molecule has 1 N–H and O–H groups in total. The number of amides is 1. The third-order valence-corrected chi connectivity index (χ3v) is 3.73. The molecule has 0 saturated heterocycles. The minimum absolute atomic E-state index is 0.0792. The first kappa shape index (κ1) is 12.2. The molecule has 1 amide bonds. The molecule has 0 spiro atoms. The molecule has 0 saturated carbocycles. The number of aromatic hydroxyl groups is 1. The van der Waals surface area contributed by atoms with Crippen LogP contribution in [0.3, 0.4) is 0 Å². The van der Waals surface area contributed by atoms with Crippen LogP contribution in [0.4, 0.5) is 10.5 Å². The maximum atomic E-state index is 11.7. The average Bonchev–Trinajstić information content (AvgIpc) is 2.33. The number of carbonyl (C=O) groups is 1. The van der Waals surface area contributed by atoms with Gasteiger partial charge in [-0.25, -0.2) is 4.79 Å². The Labute approximate surface area is 108 Å². The van der Waals surface area contributed by atoms with Crippen LogP contribution in [0.1, 0.15) is 18.9 Å². The normalized spacial score (nSPS) is 18.8. The van der Waals surface area contributed by atoms with Crippen LogP contribution >= 0.6 is 15.9 Å². The Morgan fingerprint density at radius 2 is 2.29 bits per heavy atom. The lowest BCUT2D eigenvalue weighted by molar-refractivity contribution is 0.175. The average molecular weight is 300 g/mol. The van der Waals surface area contributed by atoms with Gasteiger partial charge in [0.2, 0.25) is 0 Å². The number of anilines is 1. The van der Waals surface area contributed by atoms with E-state index >= 15 is 0 Å². The lowest BCUT2D eigenvalue weighted by Crippen LogP contribution is -2.42. The number of rotatable bonds is 0. The van der Waals surface area contributed by atoms with E-state index in [0.717, 1.165) is 24.1 Å². The molecule has 1 aliphatic rings. The molecule has 1 heterocycles. The number of phenols is 1. The van der Waals surface area contributed by atoms with Crippen LogP contribution in [-0.2, 0) is 11.2 Å². The van der Waals surface area contributed by atoms with Crippen molar-refractivity contribution in [2.45, 2.75) is 25.8 Å². The first-order chi connectivity index (χ1) is 8.06. The Morgan fingerprint density at radius 1 is 1.59 bits per heavy atom. The second-order valence-electron chi connectivity index (χ2n) is 4.12.